The topological polar surface area (TPSA) is 38.0 Å². The first-order chi connectivity index (χ1) is 8.61. The maximum absolute atomic E-state index is 5.77. The SMILES string of the molecule is C=C(NC(CN)CCC/C=C\C=C/CC)C(C)C. The predicted octanol–water partition coefficient (Wildman–Crippen LogP) is 3.77. The van der Waals surface area contributed by atoms with Crippen LogP contribution >= 0.6 is 0 Å². The fraction of sp³-hybridized carbons (Fsp3) is 0.625. The van der Waals surface area contributed by atoms with Crippen molar-refractivity contribution in [2.45, 2.75) is 52.5 Å². The van der Waals surface area contributed by atoms with Crippen LogP contribution in [0.1, 0.15) is 46.5 Å². The molecule has 0 saturated heterocycles. The van der Waals surface area contributed by atoms with Gasteiger partial charge in [0, 0.05) is 18.3 Å². The quantitative estimate of drug-likeness (QED) is 0.457. The van der Waals surface area contributed by atoms with Crippen LogP contribution in [0.2, 0.25) is 0 Å². The van der Waals surface area contributed by atoms with E-state index in [0.717, 1.165) is 31.4 Å². The molecular formula is C16H30N2. The Labute approximate surface area is 113 Å². The first-order valence-electron chi connectivity index (χ1n) is 7.08. The molecule has 0 amide bonds. The molecule has 0 aromatic carbocycles. The molecule has 0 saturated carbocycles. The van der Waals surface area contributed by atoms with E-state index >= 15 is 0 Å². The van der Waals surface area contributed by atoms with E-state index in [9.17, 15) is 0 Å². The third-order valence-electron chi connectivity index (χ3n) is 2.91. The summed E-state index contributed by atoms with van der Waals surface area (Å²) in [5.74, 6) is 0.470. The molecule has 2 nitrogen and oxygen atoms in total. The predicted molar refractivity (Wildman–Crippen MR) is 82.4 cm³/mol. The zero-order valence-corrected chi connectivity index (χ0v) is 12.3. The minimum atomic E-state index is 0.361. The highest BCUT2D eigenvalue weighted by Crippen LogP contribution is 2.07. The summed E-state index contributed by atoms with van der Waals surface area (Å²) in [4.78, 5) is 0. The van der Waals surface area contributed by atoms with Gasteiger partial charge in [-0.25, -0.2) is 0 Å². The molecule has 18 heavy (non-hydrogen) atoms. The molecule has 1 atom stereocenters. The Morgan fingerprint density at radius 3 is 2.50 bits per heavy atom. The molecular weight excluding hydrogens is 220 g/mol. The van der Waals surface area contributed by atoms with Crippen LogP contribution in [-0.2, 0) is 0 Å². The van der Waals surface area contributed by atoms with Gasteiger partial charge in [0.2, 0.25) is 0 Å². The number of hydrogen-bond donors (Lipinski definition) is 2. The van der Waals surface area contributed by atoms with Gasteiger partial charge in [0.1, 0.15) is 0 Å². The van der Waals surface area contributed by atoms with Gasteiger partial charge in [-0.2, -0.15) is 0 Å². The molecule has 0 aliphatic rings. The monoisotopic (exact) mass is 250 g/mol. The average Bonchev–Trinajstić information content (AvgIpc) is 2.35. The second kappa shape index (κ2) is 11.1. The summed E-state index contributed by atoms with van der Waals surface area (Å²) < 4.78 is 0. The second-order valence-corrected chi connectivity index (χ2v) is 4.95. The van der Waals surface area contributed by atoms with E-state index < -0.39 is 0 Å². The molecule has 3 N–H and O–H groups in total. The Morgan fingerprint density at radius 2 is 1.94 bits per heavy atom. The van der Waals surface area contributed by atoms with Crippen LogP contribution in [0.25, 0.3) is 0 Å². The van der Waals surface area contributed by atoms with E-state index in [0.29, 0.717) is 18.5 Å². The average molecular weight is 250 g/mol. The van der Waals surface area contributed by atoms with Crippen LogP contribution < -0.4 is 11.1 Å². The molecule has 0 spiro atoms. The molecule has 2 heteroatoms. The van der Waals surface area contributed by atoms with Gasteiger partial charge in [-0.3, -0.25) is 0 Å². The molecule has 1 unspecified atom stereocenters. The summed E-state index contributed by atoms with van der Waals surface area (Å²) in [6, 6.07) is 0.361. The van der Waals surface area contributed by atoms with Gasteiger partial charge in [-0.1, -0.05) is 51.7 Å². The van der Waals surface area contributed by atoms with Crippen LogP contribution in [0, 0.1) is 5.92 Å². The van der Waals surface area contributed by atoms with Gasteiger partial charge < -0.3 is 11.1 Å². The lowest BCUT2D eigenvalue weighted by Gasteiger charge is -2.21. The summed E-state index contributed by atoms with van der Waals surface area (Å²) in [7, 11) is 0. The third-order valence-corrected chi connectivity index (χ3v) is 2.91. The first-order valence-corrected chi connectivity index (χ1v) is 7.08. The smallest absolute Gasteiger partial charge is 0.0380 e. The minimum absolute atomic E-state index is 0.361. The number of hydrogen-bond acceptors (Lipinski definition) is 2. The summed E-state index contributed by atoms with van der Waals surface area (Å²) in [5.41, 5.74) is 6.86. The molecule has 104 valence electrons. The van der Waals surface area contributed by atoms with E-state index in [1.54, 1.807) is 0 Å². The van der Waals surface area contributed by atoms with Gasteiger partial charge >= 0.3 is 0 Å². The Bertz CT molecular complexity index is 264. The highest BCUT2D eigenvalue weighted by atomic mass is 14.9. The molecule has 0 aliphatic carbocycles. The van der Waals surface area contributed by atoms with Crippen molar-refractivity contribution < 1.29 is 0 Å². The summed E-state index contributed by atoms with van der Waals surface area (Å²) in [6.07, 6.45) is 13.1. The van der Waals surface area contributed by atoms with Crippen LogP contribution in [0.15, 0.2) is 36.6 Å². The van der Waals surface area contributed by atoms with Crippen molar-refractivity contribution in [2.75, 3.05) is 6.54 Å². The number of nitrogens with one attached hydrogen (secondary N) is 1. The molecule has 0 heterocycles. The summed E-state index contributed by atoms with van der Waals surface area (Å²) in [5, 5.41) is 3.42. The van der Waals surface area contributed by atoms with Crippen molar-refractivity contribution in [1.29, 1.82) is 0 Å². The van der Waals surface area contributed by atoms with Gasteiger partial charge in [0.05, 0.1) is 0 Å². The Balaban J connectivity index is 3.77. The highest BCUT2D eigenvalue weighted by Gasteiger charge is 2.08. The standard InChI is InChI=1S/C16H30N2/c1-5-6-7-8-9-10-11-12-16(13-17)18-15(4)14(2)3/h6-9,14,16,18H,4-5,10-13,17H2,1-3H3/b7-6-,9-8-. The maximum Gasteiger partial charge on any atom is 0.0380 e. The third kappa shape index (κ3) is 9.06. The maximum atomic E-state index is 5.77. The van der Waals surface area contributed by atoms with Crippen molar-refractivity contribution in [3.05, 3.63) is 36.6 Å². The zero-order valence-electron chi connectivity index (χ0n) is 12.3. The van der Waals surface area contributed by atoms with Crippen molar-refractivity contribution in [3.8, 4) is 0 Å². The van der Waals surface area contributed by atoms with Gasteiger partial charge in [-0.15, -0.1) is 0 Å². The van der Waals surface area contributed by atoms with Crippen LogP contribution in [-0.4, -0.2) is 12.6 Å². The van der Waals surface area contributed by atoms with E-state index in [1.807, 2.05) is 0 Å². The number of allylic oxidation sites excluding steroid dienone is 5. The minimum Gasteiger partial charge on any atom is -0.385 e. The van der Waals surface area contributed by atoms with Crippen molar-refractivity contribution in [2.24, 2.45) is 11.7 Å². The molecule has 0 aromatic rings. The van der Waals surface area contributed by atoms with E-state index in [-0.39, 0.29) is 0 Å². The van der Waals surface area contributed by atoms with Crippen molar-refractivity contribution in [1.82, 2.24) is 5.32 Å². The molecule has 0 bridgehead atoms. The molecule has 0 aliphatic heterocycles. The Morgan fingerprint density at radius 1 is 1.28 bits per heavy atom. The number of unbranched alkanes of at least 4 members (excludes halogenated alkanes) is 1. The van der Waals surface area contributed by atoms with Gasteiger partial charge in [0.15, 0.2) is 0 Å². The fourth-order valence-corrected chi connectivity index (χ4v) is 1.55. The molecule has 0 rings (SSSR count). The van der Waals surface area contributed by atoms with Crippen molar-refractivity contribution >= 4 is 0 Å². The van der Waals surface area contributed by atoms with E-state index in [4.69, 9.17) is 5.73 Å². The van der Waals surface area contributed by atoms with Crippen molar-refractivity contribution in [3.63, 3.8) is 0 Å². The lowest BCUT2D eigenvalue weighted by Crippen LogP contribution is -2.36. The largest absolute Gasteiger partial charge is 0.385 e. The van der Waals surface area contributed by atoms with Crippen LogP contribution in [0.5, 0.6) is 0 Å². The van der Waals surface area contributed by atoms with Gasteiger partial charge in [0.25, 0.3) is 0 Å². The zero-order chi connectivity index (χ0) is 13.8. The molecule has 0 aromatic heterocycles. The second-order valence-electron chi connectivity index (χ2n) is 4.95. The summed E-state index contributed by atoms with van der Waals surface area (Å²) >= 11 is 0. The van der Waals surface area contributed by atoms with E-state index in [2.05, 4.69) is 57.0 Å². The normalized spacial score (nSPS) is 13.6. The van der Waals surface area contributed by atoms with E-state index in [1.165, 1.54) is 0 Å². The number of rotatable bonds is 10. The Hall–Kier alpha value is -1.02. The molecule has 0 radical (unpaired) electrons. The summed E-state index contributed by atoms with van der Waals surface area (Å²) in [6.45, 7) is 11.1. The fourth-order valence-electron chi connectivity index (χ4n) is 1.55. The number of nitrogens with two attached hydrogens (primary N) is 1. The first kappa shape index (κ1) is 17.0. The Kier molecular flexibility index (Phi) is 10.5. The highest BCUT2D eigenvalue weighted by molar-refractivity contribution is 5.02. The van der Waals surface area contributed by atoms with Gasteiger partial charge in [-0.05, 0) is 31.6 Å². The van der Waals surface area contributed by atoms with Crippen LogP contribution in [0.3, 0.4) is 0 Å². The lowest BCUT2D eigenvalue weighted by atomic mass is 10.1. The molecule has 0 fully saturated rings. The lowest BCUT2D eigenvalue weighted by molar-refractivity contribution is 0.491. The van der Waals surface area contributed by atoms with Crippen LogP contribution in [0.4, 0.5) is 0 Å².